The number of hydrogen-bond donors (Lipinski definition) is 3. The number of fused-ring (bicyclic) bond motifs is 1. The maximum Gasteiger partial charge on any atom is 0.533 e. The zero-order valence-electron chi connectivity index (χ0n) is 22.6. The van der Waals surface area contributed by atoms with Gasteiger partial charge in [-0.05, 0) is 34.7 Å². The van der Waals surface area contributed by atoms with Crippen molar-refractivity contribution in [1.29, 1.82) is 0 Å². The normalized spacial score (nSPS) is 30.6. The van der Waals surface area contributed by atoms with Crippen molar-refractivity contribution in [3.8, 4) is 5.75 Å². The molecule has 2 aliphatic heterocycles. The van der Waals surface area contributed by atoms with E-state index in [1.54, 1.807) is 6.07 Å². The molecule has 0 aliphatic carbocycles. The minimum atomic E-state index is -4.82. The minimum Gasteiger partial charge on any atom is -0.403 e. The molecule has 0 radical (unpaired) electrons. The van der Waals surface area contributed by atoms with Crippen molar-refractivity contribution in [3.05, 3.63) is 55.7 Å². The van der Waals surface area contributed by atoms with Crippen LogP contribution in [-0.4, -0.2) is 50.7 Å². The van der Waals surface area contributed by atoms with Gasteiger partial charge in [-0.2, -0.15) is 0 Å². The summed E-state index contributed by atoms with van der Waals surface area (Å²) in [5, 5.41) is 20.9. The molecule has 6 atom stereocenters. The highest BCUT2D eigenvalue weighted by Gasteiger charge is 2.58. The Morgan fingerprint density at radius 3 is 2.45 bits per heavy atom. The van der Waals surface area contributed by atoms with Gasteiger partial charge < -0.3 is 19.5 Å². The fraction of sp³-hybridized carbons (Fsp3) is 0.560. The Bertz CT molecular complexity index is 1500. The lowest BCUT2D eigenvalue weighted by Gasteiger charge is -2.34. The summed E-state index contributed by atoms with van der Waals surface area (Å²) in [6.45, 7) is 10.1. The zero-order chi connectivity index (χ0) is 30.0. The Morgan fingerprint density at radius 1 is 1.23 bits per heavy atom. The Hall–Kier alpha value is -2.32. The number of phosphoric ester groups is 1. The molecule has 15 heteroatoms. The molecule has 3 N–H and O–H groups in total. The van der Waals surface area contributed by atoms with Gasteiger partial charge in [-0.25, -0.2) is 17.9 Å². The Labute approximate surface area is 233 Å². The smallest absolute Gasteiger partial charge is 0.403 e. The standard InChI is InChI=1S/C25H31F2N2O9PS/c1-23(2,3)13-7-14-17(15(8-13)24(4,5)6)37-39(34,38-19(14)26)35-11-25(27)18(32)16(31)21(36-25)29-9-12(10-30)20(33)28-22(29)40/h7-10,16,18-19,21,31-32H,11H2,1-6H3,(H,28,33,40)/t16-,18+,19?,21-,25-,39?/m1/s1. The van der Waals surface area contributed by atoms with E-state index in [0.717, 1.165) is 16.3 Å². The SMILES string of the molecule is CC(C)(C)c1cc2c(c(C(C)(C)C)c1)OP(=O)(OC[C@@]1(F)O[C@@H](n3cc(C=O)c(=O)[nH]c3=S)[C@H](O)[C@@H]1O)OC2F. The van der Waals surface area contributed by atoms with Gasteiger partial charge in [0.05, 0.1) is 11.1 Å². The second kappa shape index (κ2) is 10.2. The van der Waals surface area contributed by atoms with Crippen molar-refractivity contribution in [1.82, 2.24) is 9.55 Å². The van der Waals surface area contributed by atoms with E-state index in [4.69, 9.17) is 30.5 Å². The van der Waals surface area contributed by atoms with E-state index in [2.05, 4.69) is 4.98 Å². The van der Waals surface area contributed by atoms with Crippen LogP contribution in [0.15, 0.2) is 23.1 Å². The summed E-state index contributed by atoms with van der Waals surface area (Å²) in [6.07, 6.45) is -7.10. The number of rotatable bonds is 5. The molecule has 2 unspecified atom stereocenters. The molecule has 1 aromatic heterocycles. The number of carbonyl (C=O) groups is 1. The highest BCUT2D eigenvalue weighted by molar-refractivity contribution is 7.71. The molecule has 1 fully saturated rings. The number of nitrogens with zero attached hydrogens (tertiary/aromatic N) is 1. The minimum absolute atomic E-state index is 0.00606. The van der Waals surface area contributed by atoms with Crippen molar-refractivity contribution in [2.45, 2.75) is 83.0 Å². The van der Waals surface area contributed by atoms with E-state index in [1.165, 1.54) is 0 Å². The first kappa shape index (κ1) is 30.6. The second-order valence-electron chi connectivity index (χ2n) is 11.8. The average Bonchev–Trinajstić information content (AvgIpc) is 3.05. The first-order valence-electron chi connectivity index (χ1n) is 12.3. The van der Waals surface area contributed by atoms with E-state index in [9.17, 15) is 24.4 Å². The third-order valence-electron chi connectivity index (χ3n) is 6.65. The fourth-order valence-corrected chi connectivity index (χ4v) is 5.81. The molecule has 2 aromatic rings. The van der Waals surface area contributed by atoms with Gasteiger partial charge in [-0.15, -0.1) is 0 Å². The summed E-state index contributed by atoms with van der Waals surface area (Å²) in [7, 11) is -4.82. The van der Waals surface area contributed by atoms with Crippen LogP contribution < -0.4 is 10.1 Å². The Kier molecular flexibility index (Phi) is 7.81. The Morgan fingerprint density at radius 2 is 1.88 bits per heavy atom. The van der Waals surface area contributed by atoms with Crippen LogP contribution in [0.5, 0.6) is 5.75 Å². The molecule has 3 heterocycles. The molecule has 0 bridgehead atoms. The summed E-state index contributed by atoms with van der Waals surface area (Å²) in [6, 6.07) is 3.35. The monoisotopic (exact) mass is 604 g/mol. The lowest BCUT2D eigenvalue weighted by Crippen LogP contribution is -2.43. The van der Waals surface area contributed by atoms with Gasteiger partial charge >= 0.3 is 7.82 Å². The summed E-state index contributed by atoms with van der Waals surface area (Å²) in [4.78, 5) is 25.1. The summed E-state index contributed by atoms with van der Waals surface area (Å²) >= 11 is 5.00. The predicted octanol–water partition coefficient (Wildman–Crippen LogP) is 4.43. The van der Waals surface area contributed by atoms with E-state index in [1.807, 2.05) is 47.6 Å². The number of halogens is 2. The number of nitrogens with one attached hydrogen (secondary N) is 1. The summed E-state index contributed by atoms with van der Waals surface area (Å²) in [5.41, 5.74) is -0.883. The molecule has 220 valence electrons. The van der Waals surface area contributed by atoms with Gasteiger partial charge in [-0.1, -0.05) is 47.6 Å². The molecular weight excluding hydrogens is 573 g/mol. The molecule has 4 rings (SSSR count). The van der Waals surface area contributed by atoms with E-state index < -0.39 is 61.6 Å². The molecule has 0 saturated carbocycles. The summed E-state index contributed by atoms with van der Waals surface area (Å²) < 4.78 is 65.8. The van der Waals surface area contributed by atoms with E-state index in [-0.39, 0.29) is 27.8 Å². The molecule has 11 nitrogen and oxygen atoms in total. The number of aromatic amines is 1. The van der Waals surface area contributed by atoms with Gasteiger partial charge in [0, 0.05) is 11.8 Å². The topological polar surface area (TPSA) is 149 Å². The fourth-order valence-electron chi connectivity index (χ4n) is 4.30. The first-order chi connectivity index (χ1) is 18.3. The van der Waals surface area contributed by atoms with Crippen LogP contribution in [0.3, 0.4) is 0 Å². The average molecular weight is 605 g/mol. The number of H-pyrrole nitrogens is 1. The molecule has 0 amide bonds. The number of alkyl halides is 2. The highest BCUT2D eigenvalue weighted by Crippen LogP contribution is 2.61. The van der Waals surface area contributed by atoms with Crippen molar-refractivity contribution in [2.24, 2.45) is 0 Å². The van der Waals surface area contributed by atoms with Gasteiger partial charge in [0.25, 0.3) is 11.4 Å². The molecule has 1 aromatic carbocycles. The lowest BCUT2D eigenvalue weighted by molar-refractivity contribution is -0.206. The van der Waals surface area contributed by atoms with Crippen molar-refractivity contribution in [2.75, 3.05) is 6.61 Å². The quantitative estimate of drug-likeness (QED) is 0.254. The second-order valence-corrected chi connectivity index (χ2v) is 13.7. The summed E-state index contributed by atoms with van der Waals surface area (Å²) in [5.74, 6) is -3.28. The van der Waals surface area contributed by atoms with Crippen LogP contribution in [-0.2, 0) is 29.2 Å². The number of aromatic nitrogens is 2. The first-order valence-corrected chi connectivity index (χ1v) is 14.2. The number of aldehydes is 1. The maximum atomic E-state index is 15.8. The van der Waals surface area contributed by atoms with E-state index in [0.29, 0.717) is 5.56 Å². The van der Waals surface area contributed by atoms with Crippen molar-refractivity contribution >= 4 is 26.3 Å². The van der Waals surface area contributed by atoms with Crippen LogP contribution in [0.1, 0.15) is 81.2 Å². The number of aliphatic hydroxyl groups is 2. The van der Waals surface area contributed by atoms with Crippen molar-refractivity contribution < 1.29 is 46.7 Å². The third kappa shape index (κ3) is 5.58. The third-order valence-corrected chi connectivity index (χ3v) is 8.26. The van der Waals surface area contributed by atoms with Crippen molar-refractivity contribution in [3.63, 3.8) is 0 Å². The largest absolute Gasteiger partial charge is 0.533 e. The van der Waals surface area contributed by atoms with Gasteiger partial charge in [0.15, 0.2) is 17.3 Å². The van der Waals surface area contributed by atoms with Crippen LogP contribution in [0, 0.1) is 4.77 Å². The predicted molar refractivity (Wildman–Crippen MR) is 140 cm³/mol. The number of phosphoric acid groups is 1. The molecule has 0 spiro atoms. The molecule has 1 saturated heterocycles. The van der Waals surface area contributed by atoms with Crippen LogP contribution >= 0.6 is 20.0 Å². The zero-order valence-corrected chi connectivity index (χ0v) is 24.3. The molecular formula is C25H31F2N2O9PS. The maximum absolute atomic E-state index is 15.8. The molecule has 2 aliphatic rings. The number of carbonyl (C=O) groups excluding carboxylic acids is 1. The van der Waals surface area contributed by atoms with Gasteiger partial charge in [-0.3, -0.25) is 23.7 Å². The molecule has 40 heavy (non-hydrogen) atoms. The highest BCUT2D eigenvalue weighted by atomic mass is 32.1. The number of aliphatic hydroxyl groups excluding tert-OH is 2. The van der Waals surface area contributed by atoms with Gasteiger partial charge in [0.2, 0.25) is 6.36 Å². The number of benzene rings is 1. The number of hydrogen-bond acceptors (Lipinski definition) is 10. The number of ether oxygens (including phenoxy) is 1. The van der Waals surface area contributed by atoms with Crippen LogP contribution in [0.4, 0.5) is 8.78 Å². The Balaban J connectivity index is 1.63. The van der Waals surface area contributed by atoms with Crippen LogP contribution in [0.2, 0.25) is 0 Å². The van der Waals surface area contributed by atoms with E-state index >= 15 is 8.78 Å². The van der Waals surface area contributed by atoms with Crippen LogP contribution in [0.25, 0.3) is 0 Å². The lowest BCUT2D eigenvalue weighted by atomic mass is 9.79. The van der Waals surface area contributed by atoms with Gasteiger partial charge in [0.1, 0.15) is 24.6 Å².